The van der Waals surface area contributed by atoms with Crippen LogP contribution >= 0.6 is 11.3 Å². The molecule has 116 valence electrons. The summed E-state index contributed by atoms with van der Waals surface area (Å²) in [4.78, 5) is 17.5. The van der Waals surface area contributed by atoms with Crippen LogP contribution < -0.4 is 10.2 Å². The Hall–Kier alpha value is -1.99. The molecule has 22 heavy (non-hydrogen) atoms. The molecule has 0 aliphatic carbocycles. The summed E-state index contributed by atoms with van der Waals surface area (Å²) in [5, 5.41) is 13.1. The lowest BCUT2D eigenvalue weighted by Gasteiger charge is -2.32. The highest BCUT2D eigenvalue weighted by molar-refractivity contribution is 7.10. The molecule has 6 nitrogen and oxygen atoms in total. The zero-order valence-corrected chi connectivity index (χ0v) is 13.3. The van der Waals surface area contributed by atoms with Crippen LogP contribution in [0.3, 0.4) is 0 Å². The van der Waals surface area contributed by atoms with E-state index in [1.807, 2.05) is 29.6 Å². The third kappa shape index (κ3) is 3.80. The summed E-state index contributed by atoms with van der Waals surface area (Å²) in [6.07, 6.45) is 0.375. The summed E-state index contributed by atoms with van der Waals surface area (Å²) in [6, 6.07) is 7.62. The van der Waals surface area contributed by atoms with E-state index < -0.39 is 0 Å². The first-order valence-corrected chi connectivity index (χ1v) is 8.18. The Kier molecular flexibility index (Phi) is 4.65. The molecule has 2 aromatic rings. The first-order chi connectivity index (χ1) is 10.7. The van der Waals surface area contributed by atoms with Crippen LogP contribution in [-0.2, 0) is 11.2 Å². The Balaban J connectivity index is 1.56. The van der Waals surface area contributed by atoms with Crippen molar-refractivity contribution in [1.82, 2.24) is 15.1 Å². The second-order valence-electron chi connectivity index (χ2n) is 5.37. The van der Waals surface area contributed by atoms with Crippen molar-refractivity contribution < 1.29 is 4.79 Å². The number of thiophene rings is 1. The number of anilines is 2. The number of hydrogen-bond acceptors (Lipinski definition) is 6. The SMILES string of the molecule is CN1CCN(c2ccc(NC(=O)Cc3cccs3)nn2)CC1. The Morgan fingerprint density at radius 3 is 2.68 bits per heavy atom. The molecule has 1 amide bonds. The number of aromatic nitrogens is 2. The monoisotopic (exact) mass is 317 g/mol. The number of carbonyl (C=O) groups excluding carboxylic acids is 1. The number of likely N-dealkylation sites (N-methyl/N-ethyl adjacent to an activating group) is 1. The number of amides is 1. The number of rotatable bonds is 4. The second kappa shape index (κ2) is 6.85. The third-order valence-corrected chi connectivity index (χ3v) is 4.54. The van der Waals surface area contributed by atoms with Crippen LogP contribution in [0.1, 0.15) is 4.88 Å². The highest BCUT2D eigenvalue weighted by atomic mass is 32.1. The van der Waals surface area contributed by atoms with Crippen molar-refractivity contribution in [3.8, 4) is 0 Å². The molecule has 0 aromatic carbocycles. The van der Waals surface area contributed by atoms with Crippen molar-refractivity contribution in [1.29, 1.82) is 0 Å². The van der Waals surface area contributed by atoms with Gasteiger partial charge in [-0.1, -0.05) is 6.07 Å². The van der Waals surface area contributed by atoms with E-state index in [1.165, 1.54) is 0 Å². The smallest absolute Gasteiger partial charge is 0.230 e. The predicted octanol–water partition coefficient (Wildman–Crippen LogP) is 1.47. The molecule has 1 aliphatic heterocycles. The molecular weight excluding hydrogens is 298 g/mol. The molecule has 3 rings (SSSR count). The fraction of sp³-hybridized carbons (Fsp3) is 0.400. The predicted molar refractivity (Wildman–Crippen MR) is 88.4 cm³/mol. The van der Waals surface area contributed by atoms with E-state index in [0.717, 1.165) is 36.9 Å². The Morgan fingerprint density at radius 1 is 1.23 bits per heavy atom. The van der Waals surface area contributed by atoms with Crippen molar-refractivity contribution in [2.75, 3.05) is 43.4 Å². The molecule has 0 unspecified atom stereocenters. The fourth-order valence-corrected chi connectivity index (χ4v) is 3.06. The lowest BCUT2D eigenvalue weighted by atomic mass is 10.3. The van der Waals surface area contributed by atoms with Gasteiger partial charge in [0, 0.05) is 31.1 Å². The van der Waals surface area contributed by atoms with E-state index in [1.54, 1.807) is 11.3 Å². The van der Waals surface area contributed by atoms with E-state index in [0.29, 0.717) is 12.2 Å². The highest BCUT2D eigenvalue weighted by Crippen LogP contribution is 2.14. The number of piperazine rings is 1. The summed E-state index contributed by atoms with van der Waals surface area (Å²) >= 11 is 1.58. The van der Waals surface area contributed by atoms with E-state index in [9.17, 15) is 4.79 Å². The minimum atomic E-state index is -0.0657. The number of nitrogens with one attached hydrogen (secondary N) is 1. The molecule has 3 heterocycles. The van der Waals surface area contributed by atoms with Gasteiger partial charge in [-0.25, -0.2) is 0 Å². The van der Waals surface area contributed by atoms with Gasteiger partial charge in [0.2, 0.25) is 5.91 Å². The average molecular weight is 317 g/mol. The first kappa shape index (κ1) is 14.9. The molecule has 1 aliphatic rings. The molecule has 1 saturated heterocycles. The Bertz CT molecular complexity index is 605. The lowest BCUT2D eigenvalue weighted by Crippen LogP contribution is -2.44. The van der Waals surface area contributed by atoms with Gasteiger partial charge in [0.1, 0.15) is 0 Å². The summed E-state index contributed by atoms with van der Waals surface area (Å²) < 4.78 is 0. The maximum atomic E-state index is 11.9. The van der Waals surface area contributed by atoms with E-state index in [-0.39, 0.29) is 5.91 Å². The standard InChI is InChI=1S/C15H19N5OS/c1-19-6-8-20(9-7-19)14-5-4-13(17-18-14)16-15(21)11-12-3-2-10-22-12/h2-5,10H,6-9,11H2,1H3,(H,16,17,21). The first-order valence-electron chi connectivity index (χ1n) is 7.30. The second-order valence-corrected chi connectivity index (χ2v) is 6.40. The molecule has 1 fully saturated rings. The average Bonchev–Trinajstić information content (AvgIpc) is 3.02. The Morgan fingerprint density at radius 2 is 2.05 bits per heavy atom. The van der Waals surface area contributed by atoms with E-state index >= 15 is 0 Å². The van der Waals surface area contributed by atoms with Crippen molar-refractivity contribution >= 4 is 28.9 Å². The molecular formula is C15H19N5OS. The minimum absolute atomic E-state index is 0.0657. The van der Waals surface area contributed by atoms with Gasteiger partial charge >= 0.3 is 0 Å². The van der Waals surface area contributed by atoms with Gasteiger partial charge in [0.25, 0.3) is 0 Å². The molecule has 0 atom stereocenters. The summed E-state index contributed by atoms with van der Waals surface area (Å²) in [7, 11) is 2.12. The summed E-state index contributed by atoms with van der Waals surface area (Å²) in [6.45, 7) is 3.96. The molecule has 0 saturated carbocycles. The van der Waals surface area contributed by atoms with Gasteiger partial charge in [0.05, 0.1) is 6.42 Å². The maximum absolute atomic E-state index is 11.9. The van der Waals surface area contributed by atoms with Crippen molar-refractivity contribution in [2.24, 2.45) is 0 Å². The molecule has 0 bridgehead atoms. The van der Waals surface area contributed by atoms with Gasteiger partial charge in [-0.2, -0.15) is 0 Å². The van der Waals surface area contributed by atoms with Gasteiger partial charge in [-0.05, 0) is 30.6 Å². The van der Waals surface area contributed by atoms with Crippen LogP contribution in [-0.4, -0.2) is 54.2 Å². The Labute approximate surface area is 133 Å². The van der Waals surface area contributed by atoms with Crippen molar-refractivity contribution in [3.63, 3.8) is 0 Å². The van der Waals surface area contributed by atoms with Crippen LogP contribution in [0.5, 0.6) is 0 Å². The topological polar surface area (TPSA) is 61.4 Å². The van der Waals surface area contributed by atoms with Crippen LogP contribution in [0.2, 0.25) is 0 Å². The molecule has 2 aromatic heterocycles. The number of hydrogen-bond donors (Lipinski definition) is 1. The van der Waals surface area contributed by atoms with Gasteiger partial charge in [0.15, 0.2) is 11.6 Å². The van der Waals surface area contributed by atoms with Crippen molar-refractivity contribution in [3.05, 3.63) is 34.5 Å². The maximum Gasteiger partial charge on any atom is 0.230 e. The van der Waals surface area contributed by atoms with E-state index in [4.69, 9.17) is 0 Å². The van der Waals surface area contributed by atoms with Crippen LogP contribution in [0.15, 0.2) is 29.6 Å². The summed E-state index contributed by atoms with van der Waals surface area (Å²) in [5.74, 6) is 1.30. The molecule has 0 radical (unpaired) electrons. The van der Waals surface area contributed by atoms with Gasteiger partial charge in [-0.3, -0.25) is 4.79 Å². The zero-order chi connectivity index (χ0) is 15.4. The van der Waals surface area contributed by atoms with Crippen LogP contribution in [0.25, 0.3) is 0 Å². The summed E-state index contributed by atoms with van der Waals surface area (Å²) in [5.41, 5.74) is 0. The minimum Gasteiger partial charge on any atom is -0.353 e. The van der Waals surface area contributed by atoms with E-state index in [2.05, 4.69) is 32.4 Å². The lowest BCUT2D eigenvalue weighted by molar-refractivity contribution is -0.115. The quantitative estimate of drug-likeness (QED) is 0.925. The van der Waals surface area contributed by atoms with Gasteiger partial charge in [-0.15, -0.1) is 21.5 Å². The normalized spacial score (nSPS) is 15.8. The highest BCUT2D eigenvalue weighted by Gasteiger charge is 2.15. The third-order valence-electron chi connectivity index (χ3n) is 3.66. The van der Waals surface area contributed by atoms with Gasteiger partial charge < -0.3 is 15.1 Å². The van der Waals surface area contributed by atoms with Crippen molar-refractivity contribution in [2.45, 2.75) is 6.42 Å². The number of carbonyl (C=O) groups is 1. The zero-order valence-electron chi connectivity index (χ0n) is 12.5. The fourth-order valence-electron chi connectivity index (χ4n) is 2.35. The van der Waals surface area contributed by atoms with Crippen LogP contribution in [0.4, 0.5) is 11.6 Å². The molecule has 7 heteroatoms. The largest absolute Gasteiger partial charge is 0.353 e. The molecule has 0 spiro atoms. The molecule has 1 N–H and O–H groups in total. The number of nitrogens with zero attached hydrogens (tertiary/aromatic N) is 4. The van der Waals surface area contributed by atoms with Crippen LogP contribution in [0, 0.1) is 0 Å².